The van der Waals surface area contributed by atoms with Gasteiger partial charge in [0.05, 0.1) is 10.3 Å². The first-order chi connectivity index (χ1) is 14.0. The standard InChI is InChI=1S/C20H24N2O4S3/c1-21-29(24,25)14-16-7-3-2-6-15(16)12-22-19(23)13-26-18-9-5-4-8-17(18)20-27-10-11-28-20/h2-9,20-21H,10-14H2,1H3,(H,22,23). The number of benzene rings is 2. The Labute approximate surface area is 180 Å². The van der Waals surface area contributed by atoms with Crippen molar-refractivity contribution in [3.05, 3.63) is 65.2 Å². The van der Waals surface area contributed by atoms with Gasteiger partial charge in [-0.2, -0.15) is 0 Å². The highest BCUT2D eigenvalue weighted by molar-refractivity contribution is 8.19. The SMILES string of the molecule is CNS(=O)(=O)Cc1ccccc1CNC(=O)COc1ccccc1C1SCCS1. The Morgan fingerprint density at radius 3 is 2.45 bits per heavy atom. The molecule has 6 nitrogen and oxygen atoms in total. The van der Waals surface area contributed by atoms with Crippen molar-refractivity contribution in [2.24, 2.45) is 0 Å². The van der Waals surface area contributed by atoms with E-state index in [9.17, 15) is 13.2 Å². The van der Waals surface area contributed by atoms with E-state index < -0.39 is 10.0 Å². The van der Waals surface area contributed by atoms with Gasteiger partial charge in [0, 0.05) is 23.6 Å². The molecule has 0 radical (unpaired) electrons. The van der Waals surface area contributed by atoms with Gasteiger partial charge in [0.2, 0.25) is 10.0 Å². The molecule has 2 N–H and O–H groups in total. The third-order valence-corrected chi connectivity index (χ3v) is 8.79. The monoisotopic (exact) mass is 452 g/mol. The largest absolute Gasteiger partial charge is 0.483 e. The summed E-state index contributed by atoms with van der Waals surface area (Å²) in [6.45, 7) is 0.156. The average molecular weight is 453 g/mol. The van der Waals surface area contributed by atoms with Crippen molar-refractivity contribution in [3.8, 4) is 5.75 Å². The molecule has 1 fully saturated rings. The summed E-state index contributed by atoms with van der Waals surface area (Å²) in [5, 5.41) is 2.81. The molecule has 1 saturated heterocycles. The van der Waals surface area contributed by atoms with Gasteiger partial charge >= 0.3 is 0 Å². The van der Waals surface area contributed by atoms with E-state index in [1.165, 1.54) is 7.05 Å². The number of thioether (sulfide) groups is 2. The van der Waals surface area contributed by atoms with E-state index in [1.807, 2.05) is 59.9 Å². The van der Waals surface area contributed by atoms with Gasteiger partial charge in [-0.25, -0.2) is 13.1 Å². The smallest absolute Gasteiger partial charge is 0.258 e. The van der Waals surface area contributed by atoms with Gasteiger partial charge in [-0.05, 0) is 24.2 Å². The van der Waals surface area contributed by atoms with Crippen LogP contribution in [0.2, 0.25) is 0 Å². The van der Waals surface area contributed by atoms with Crippen LogP contribution in [0.25, 0.3) is 0 Å². The van der Waals surface area contributed by atoms with Crippen LogP contribution in [0.1, 0.15) is 21.3 Å². The fourth-order valence-corrected chi connectivity index (χ4v) is 6.62. The summed E-state index contributed by atoms with van der Waals surface area (Å²) >= 11 is 3.77. The van der Waals surface area contributed by atoms with Crippen molar-refractivity contribution in [1.82, 2.24) is 10.0 Å². The number of amides is 1. The lowest BCUT2D eigenvalue weighted by molar-refractivity contribution is -0.123. The van der Waals surface area contributed by atoms with Crippen LogP contribution in [0.5, 0.6) is 5.75 Å². The fraction of sp³-hybridized carbons (Fsp3) is 0.350. The van der Waals surface area contributed by atoms with E-state index in [-0.39, 0.29) is 24.8 Å². The molecule has 1 aliphatic rings. The van der Waals surface area contributed by atoms with E-state index >= 15 is 0 Å². The highest BCUT2D eigenvalue weighted by atomic mass is 32.2. The number of sulfonamides is 1. The number of carbonyl (C=O) groups is 1. The lowest BCUT2D eigenvalue weighted by Crippen LogP contribution is -2.29. The van der Waals surface area contributed by atoms with E-state index in [0.717, 1.165) is 28.4 Å². The lowest BCUT2D eigenvalue weighted by atomic mass is 10.1. The topological polar surface area (TPSA) is 84.5 Å². The van der Waals surface area contributed by atoms with Gasteiger partial charge in [-0.1, -0.05) is 42.5 Å². The summed E-state index contributed by atoms with van der Waals surface area (Å²) in [6.07, 6.45) is 0. The van der Waals surface area contributed by atoms with Crippen molar-refractivity contribution in [2.75, 3.05) is 25.2 Å². The van der Waals surface area contributed by atoms with Crippen molar-refractivity contribution in [1.29, 1.82) is 0 Å². The average Bonchev–Trinajstić information content (AvgIpc) is 3.26. The molecule has 3 rings (SSSR count). The number of carbonyl (C=O) groups excluding carboxylic acids is 1. The second-order valence-electron chi connectivity index (χ2n) is 6.41. The van der Waals surface area contributed by atoms with E-state index in [1.54, 1.807) is 12.1 Å². The van der Waals surface area contributed by atoms with Gasteiger partial charge in [0.15, 0.2) is 6.61 Å². The Morgan fingerprint density at radius 2 is 1.72 bits per heavy atom. The Kier molecular flexibility index (Phi) is 7.88. The molecule has 1 aliphatic heterocycles. The normalized spacial score (nSPS) is 14.7. The Morgan fingerprint density at radius 1 is 1.07 bits per heavy atom. The van der Waals surface area contributed by atoms with Crippen LogP contribution >= 0.6 is 23.5 Å². The molecule has 0 saturated carbocycles. The number of rotatable bonds is 9. The van der Waals surface area contributed by atoms with Gasteiger partial charge in [0.25, 0.3) is 5.91 Å². The summed E-state index contributed by atoms with van der Waals surface area (Å²) in [5.74, 6) is 2.59. The summed E-state index contributed by atoms with van der Waals surface area (Å²) in [7, 11) is -2.00. The molecule has 0 unspecified atom stereocenters. The summed E-state index contributed by atoms with van der Waals surface area (Å²) < 4.78 is 32.1. The molecular weight excluding hydrogens is 428 g/mol. The number of nitrogens with one attached hydrogen (secondary N) is 2. The first-order valence-electron chi connectivity index (χ1n) is 9.18. The maximum atomic E-state index is 12.3. The van der Waals surface area contributed by atoms with Gasteiger partial charge in [0.1, 0.15) is 5.75 Å². The van der Waals surface area contributed by atoms with Crippen LogP contribution in [0, 0.1) is 0 Å². The zero-order chi connectivity index (χ0) is 20.7. The molecule has 0 aromatic heterocycles. The highest BCUT2D eigenvalue weighted by Crippen LogP contribution is 2.48. The third-order valence-electron chi connectivity index (χ3n) is 4.40. The Bertz CT molecular complexity index is 944. The molecule has 0 aliphatic carbocycles. The minimum Gasteiger partial charge on any atom is -0.483 e. The van der Waals surface area contributed by atoms with E-state index in [4.69, 9.17) is 4.74 Å². The van der Waals surface area contributed by atoms with Crippen LogP contribution in [-0.2, 0) is 27.1 Å². The van der Waals surface area contributed by atoms with Crippen LogP contribution in [0.15, 0.2) is 48.5 Å². The minimum absolute atomic E-state index is 0.0873. The number of ether oxygens (including phenoxy) is 1. The summed E-state index contributed by atoms with van der Waals surface area (Å²) in [4.78, 5) is 12.3. The molecule has 0 atom stereocenters. The van der Waals surface area contributed by atoms with Crippen molar-refractivity contribution in [3.63, 3.8) is 0 Å². The third kappa shape index (κ3) is 6.40. The molecule has 1 heterocycles. The maximum Gasteiger partial charge on any atom is 0.258 e. The van der Waals surface area contributed by atoms with Crippen LogP contribution in [0.4, 0.5) is 0 Å². The summed E-state index contributed by atoms with van der Waals surface area (Å²) in [6, 6.07) is 15.0. The number of hydrogen-bond acceptors (Lipinski definition) is 6. The minimum atomic E-state index is -3.38. The molecule has 156 valence electrons. The molecular formula is C20H24N2O4S3. The van der Waals surface area contributed by atoms with Crippen molar-refractivity contribution >= 4 is 39.5 Å². The predicted molar refractivity (Wildman–Crippen MR) is 120 cm³/mol. The van der Waals surface area contributed by atoms with Crippen molar-refractivity contribution < 1.29 is 17.9 Å². The van der Waals surface area contributed by atoms with Crippen LogP contribution < -0.4 is 14.8 Å². The second kappa shape index (κ2) is 10.4. The zero-order valence-corrected chi connectivity index (χ0v) is 18.5. The maximum absolute atomic E-state index is 12.3. The quantitative estimate of drug-likeness (QED) is 0.609. The summed E-state index contributed by atoms with van der Waals surface area (Å²) in [5.41, 5.74) is 2.53. The van der Waals surface area contributed by atoms with E-state index in [0.29, 0.717) is 10.1 Å². The Hall–Kier alpha value is -1.68. The zero-order valence-electron chi connectivity index (χ0n) is 16.1. The molecule has 0 spiro atoms. The fourth-order valence-electron chi connectivity index (χ4n) is 2.88. The highest BCUT2D eigenvalue weighted by Gasteiger charge is 2.22. The van der Waals surface area contributed by atoms with Crippen LogP contribution in [0.3, 0.4) is 0 Å². The molecule has 9 heteroatoms. The van der Waals surface area contributed by atoms with Crippen molar-refractivity contribution in [2.45, 2.75) is 16.9 Å². The molecule has 0 bridgehead atoms. The molecule has 1 amide bonds. The van der Waals surface area contributed by atoms with E-state index in [2.05, 4.69) is 10.0 Å². The molecule has 29 heavy (non-hydrogen) atoms. The Balaban J connectivity index is 1.57. The van der Waals surface area contributed by atoms with Gasteiger partial charge in [-0.3, -0.25) is 4.79 Å². The number of para-hydroxylation sites is 1. The van der Waals surface area contributed by atoms with Gasteiger partial charge < -0.3 is 10.1 Å². The number of hydrogen-bond donors (Lipinski definition) is 2. The first-order valence-corrected chi connectivity index (χ1v) is 12.9. The molecule has 2 aromatic carbocycles. The molecule has 2 aromatic rings. The lowest BCUT2D eigenvalue weighted by Gasteiger charge is -2.15. The second-order valence-corrected chi connectivity index (χ2v) is 11.1. The van der Waals surface area contributed by atoms with Crippen LogP contribution in [-0.4, -0.2) is 39.5 Å². The predicted octanol–water partition coefficient (Wildman–Crippen LogP) is 2.91. The van der Waals surface area contributed by atoms with Gasteiger partial charge in [-0.15, -0.1) is 23.5 Å². The first kappa shape index (κ1) is 22.0.